The molecule has 8 heteroatoms. The van der Waals surface area contributed by atoms with Crippen molar-refractivity contribution in [1.29, 1.82) is 0 Å². The summed E-state index contributed by atoms with van der Waals surface area (Å²) in [4.78, 5) is 2.30. The topological polar surface area (TPSA) is 61.9 Å². The van der Waals surface area contributed by atoms with Crippen LogP contribution in [-0.4, -0.2) is 62.1 Å². The monoisotopic (exact) mass is 357 g/mol. The second-order valence-corrected chi connectivity index (χ2v) is 8.00. The molecule has 0 radical (unpaired) electrons. The maximum Gasteiger partial charge on any atom is 0.243 e. The highest BCUT2D eigenvalue weighted by atomic mass is 32.2. The van der Waals surface area contributed by atoms with E-state index in [9.17, 15) is 8.42 Å². The Morgan fingerprint density at radius 3 is 2.22 bits per heavy atom. The van der Waals surface area contributed by atoms with Gasteiger partial charge < -0.3 is 15.0 Å². The lowest BCUT2D eigenvalue weighted by Crippen LogP contribution is -2.53. The number of ether oxygens (including phenoxy) is 1. The smallest absolute Gasteiger partial charge is 0.243 e. The zero-order valence-electron chi connectivity index (χ0n) is 13.7. The van der Waals surface area contributed by atoms with Crippen LogP contribution < -0.4 is 10.1 Å². The number of hydrogen-bond donors (Lipinski definition) is 1. The molecule has 1 aromatic carbocycles. The minimum Gasteiger partial charge on any atom is -0.497 e. The van der Waals surface area contributed by atoms with Crippen molar-refractivity contribution < 1.29 is 13.2 Å². The van der Waals surface area contributed by atoms with Gasteiger partial charge in [0.1, 0.15) is 5.75 Å². The van der Waals surface area contributed by atoms with Crippen LogP contribution in [0.1, 0.15) is 13.8 Å². The molecular weight excluding hydrogens is 334 g/mol. The number of hydrogen-bond acceptors (Lipinski definition) is 4. The Balaban J connectivity index is 2.01. The highest BCUT2D eigenvalue weighted by Gasteiger charge is 2.29. The van der Waals surface area contributed by atoms with E-state index >= 15 is 0 Å². The van der Waals surface area contributed by atoms with E-state index in [0.29, 0.717) is 37.0 Å². The average Bonchev–Trinajstić information content (AvgIpc) is 2.54. The number of benzene rings is 1. The quantitative estimate of drug-likeness (QED) is 0.820. The fraction of sp³-hybridized carbons (Fsp3) is 0.533. The van der Waals surface area contributed by atoms with E-state index in [2.05, 4.69) is 5.32 Å². The van der Waals surface area contributed by atoms with E-state index < -0.39 is 10.0 Å². The number of sulfonamides is 1. The average molecular weight is 358 g/mol. The number of nitrogens with zero attached hydrogens (tertiary/aromatic N) is 2. The summed E-state index contributed by atoms with van der Waals surface area (Å²) in [7, 11) is -1.92. The van der Waals surface area contributed by atoms with Gasteiger partial charge in [-0.1, -0.05) is 0 Å². The van der Waals surface area contributed by atoms with Crippen molar-refractivity contribution in [1.82, 2.24) is 14.5 Å². The second kappa shape index (κ2) is 7.46. The molecule has 0 aromatic heterocycles. The lowest BCUT2D eigenvalue weighted by molar-refractivity contribution is 0.263. The summed E-state index contributed by atoms with van der Waals surface area (Å²) in [5.41, 5.74) is 0. The zero-order valence-corrected chi connectivity index (χ0v) is 15.3. The summed E-state index contributed by atoms with van der Waals surface area (Å²) in [6, 6.07) is 6.73. The molecule has 1 aromatic rings. The molecule has 0 amide bonds. The highest BCUT2D eigenvalue weighted by molar-refractivity contribution is 7.89. The van der Waals surface area contributed by atoms with Gasteiger partial charge >= 0.3 is 0 Å². The van der Waals surface area contributed by atoms with Gasteiger partial charge in [0.25, 0.3) is 0 Å². The van der Waals surface area contributed by atoms with Crippen molar-refractivity contribution in [3.05, 3.63) is 24.3 Å². The minimum absolute atomic E-state index is 0.267. The standard InChI is InChI=1S/C15H23N3O3S2/c1-12(2)16-15(22)17-8-10-18(11-9-17)23(19,20)14-6-4-13(21-3)5-7-14/h4-7,12H,8-11H2,1-3H3,(H,16,22). The van der Waals surface area contributed by atoms with Crippen LogP contribution >= 0.6 is 12.2 Å². The van der Waals surface area contributed by atoms with Crippen LogP contribution in [0.2, 0.25) is 0 Å². The Bertz CT molecular complexity index is 636. The van der Waals surface area contributed by atoms with Crippen molar-refractivity contribution in [2.45, 2.75) is 24.8 Å². The number of piperazine rings is 1. The van der Waals surface area contributed by atoms with Gasteiger partial charge in [-0.2, -0.15) is 4.31 Å². The van der Waals surface area contributed by atoms with Crippen LogP contribution in [0.15, 0.2) is 29.2 Å². The molecule has 1 N–H and O–H groups in total. The van der Waals surface area contributed by atoms with Gasteiger partial charge in [0.05, 0.1) is 12.0 Å². The molecular formula is C15H23N3O3S2. The van der Waals surface area contributed by atoms with E-state index in [1.54, 1.807) is 31.4 Å². The number of methoxy groups -OCH3 is 1. The molecule has 23 heavy (non-hydrogen) atoms. The predicted molar refractivity (Wildman–Crippen MR) is 94.2 cm³/mol. The first kappa shape index (κ1) is 18.0. The third kappa shape index (κ3) is 4.33. The molecule has 128 valence electrons. The van der Waals surface area contributed by atoms with E-state index in [1.165, 1.54) is 4.31 Å². The van der Waals surface area contributed by atoms with Gasteiger partial charge in [0.2, 0.25) is 10.0 Å². The van der Waals surface area contributed by atoms with Crippen molar-refractivity contribution >= 4 is 27.4 Å². The molecule has 6 nitrogen and oxygen atoms in total. The predicted octanol–water partition coefficient (Wildman–Crippen LogP) is 1.28. The van der Waals surface area contributed by atoms with Crippen LogP contribution in [-0.2, 0) is 10.0 Å². The van der Waals surface area contributed by atoms with Crippen LogP contribution in [0, 0.1) is 0 Å². The molecule has 0 aliphatic carbocycles. The Labute approximate surface area is 143 Å². The fourth-order valence-corrected chi connectivity index (χ4v) is 4.21. The largest absolute Gasteiger partial charge is 0.497 e. The number of thiocarbonyl (C=S) groups is 1. The van der Waals surface area contributed by atoms with E-state index in [-0.39, 0.29) is 10.9 Å². The van der Waals surface area contributed by atoms with E-state index in [1.807, 2.05) is 18.7 Å². The van der Waals surface area contributed by atoms with Crippen LogP contribution in [0.3, 0.4) is 0 Å². The van der Waals surface area contributed by atoms with Gasteiger partial charge in [0, 0.05) is 32.2 Å². The fourth-order valence-electron chi connectivity index (χ4n) is 2.37. The van der Waals surface area contributed by atoms with Crippen LogP contribution in [0.5, 0.6) is 5.75 Å². The minimum atomic E-state index is -3.47. The maximum absolute atomic E-state index is 12.7. The molecule has 1 saturated heterocycles. The van der Waals surface area contributed by atoms with Crippen molar-refractivity contribution in [2.24, 2.45) is 0 Å². The molecule has 0 unspecified atom stereocenters. The second-order valence-electron chi connectivity index (χ2n) is 5.67. The zero-order chi connectivity index (χ0) is 17.0. The lowest BCUT2D eigenvalue weighted by atomic mass is 10.3. The van der Waals surface area contributed by atoms with Crippen LogP contribution in [0.25, 0.3) is 0 Å². The SMILES string of the molecule is COc1ccc(S(=O)(=O)N2CCN(C(=S)NC(C)C)CC2)cc1. The Kier molecular flexibility index (Phi) is 5.83. The Morgan fingerprint density at radius 1 is 1.17 bits per heavy atom. The molecule has 0 saturated carbocycles. The summed E-state index contributed by atoms with van der Waals surface area (Å²) in [6.07, 6.45) is 0. The molecule has 0 bridgehead atoms. The third-order valence-corrected chi connectivity index (χ3v) is 5.92. The molecule has 1 fully saturated rings. The maximum atomic E-state index is 12.7. The first-order valence-electron chi connectivity index (χ1n) is 7.54. The molecule has 2 rings (SSSR count). The van der Waals surface area contributed by atoms with Crippen molar-refractivity contribution in [3.63, 3.8) is 0 Å². The van der Waals surface area contributed by atoms with Gasteiger partial charge in [-0.05, 0) is 50.3 Å². The summed E-state index contributed by atoms with van der Waals surface area (Å²) in [6.45, 7) is 6.08. The first-order chi connectivity index (χ1) is 10.8. The lowest BCUT2D eigenvalue weighted by Gasteiger charge is -2.36. The third-order valence-electron chi connectivity index (χ3n) is 3.64. The van der Waals surface area contributed by atoms with Gasteiger partial charge in [0.15, 0.2) is 5.11 Å². The van der Waals surface area contributed by atoms with Gasteiger partial charge in [-0.15, -0.1) is 0 Å². The first-order valence-corrected chi connectivity index (χ1v) is 9.39. The Morgan fingerprint density at radius 2 is 1.74 bits per heavy atom. The Hall–Kier alpha value is -1.38. The molecule has 1 aliphatic rings. The molecule has 0 atom stereocenters. The normalized spacial score (nSPS) is 16.4. The molecule has 0 spiro atoms. The summed E-state index contributed by atoms with van der Waals surface area (Å²) < 4.78 is 31.9. The van der Waals surface area contributed by atoms with Crippen molar-refractivity contribution in [2.75, 3.05) is 33.3 Å². The van der Waals surface area contributed by atoms with Gasteiger partial charge in [-0.3, -0.25) is 0 Å². The van der Waals surface area contributed by atoms with Crippen molar-refractivity contribution in [3.8, 4) is 5.75 Å². The van der Waals surface area contributed by atoms with Gasteiger partial charge in [-0.25, -0.2) is 8.42 Å². The number of nitrogens with one attached hydrogen (secondary N) is 1. The summed E-state index contributed by atoms with van der Waals surface area (Å²) >= 11 is 5.34. The van der Waals surface area contributed by atoms with E-state index in [0.717, 1.165) is 0 Å². The summed E-state index contributed by atoms with van der Waals surface area (Å²) in [5.74, 6) is 0.638. The number of rotatable bonds is 4. The van der Waals surface area contributed by atoms with E-state index in [4.69, 9.17) is 17.0 Å². The summed E-state index contributed by atoms with van der Waals surface area (Å²) in [5, 5.41) is 3.87. The molecule has 1 aliphatic heterocycles. The highest BCUT2D eigenvalue weighted by Crippen LogP contribution is 2.20. The van der Waals surface area contributed by atoms with Crippen LogP contribution in [0.4, 0.5) is 0 Å². The molecule has 1 heterocycles.